The zero-order valence-corrected chi connectivity index (χ0v) is 18.6. The van der Waals surface area contributed by atoms with Crippen LogP contribution in [-0.2, 0) is 9.53 Å². The summed E-state index contributed by atoms with van der Waals surface area (Å²) in [5.41, 5.74) is 1.08. The van der Waals surface area contributed by atoms with Gasteiger partial charge in [-0.25, -0.2) is 0 Å². The molecule has 0 aliphatic rings. The summed E-state index contributed by atoms with van der Waals surface area (Å²) >= 11 is 0. The van der Waals surface area contributed by atoms with Crippen LogP contribution in [0, 0.1) is 0 Å². The number of unbranched alkanes of at least 4 members (excludes halogenated alkanes) is 14. The van der Waals surface area contributed by atoms with E-state index in [2.05, 4.69) is 6.92 Å². The van der Waals surface area contributed by atoms with E-state index >= 15 is 0 Å². The molecule has 0 saturated carbocycles. The van der Waals surface area contributed by atoms with Gasteiger partial charge in [0, 0.05) is 0 Å². The molecule has 1 aromatic rings. The fraction of sp³-hybridized carbons (Fsp3) is 0.731. The quantitative estimate of drug-likeness (QED) is 0.187. The molecule has 1 unspecified atom stereocenters. The third kappa shape index (κ3) is 12.2. The number of hydrogen-bond acceptors (Lipinski definition) is 2. The highest BCUT2D eigenvalue weighted by atomic mass is 16.5. The fourth-order valence-corrected chi connectivity index (χ4v) is 3.97. The Balaban J connectivity index is 1.96. The standard InChI is InChI=1S/C26H44O2/c1-3-4-5-6-7-8-9-10-11-12-13-14-15-16-20-23-25(26(27)28-2)24-21-18-17-19-22-24/h17-19,21-22,25H,3-16,20,23H2,1-2H3. The van der Waals surface area contributed by atoms with Crippen LogP contribution in [0.15, 0.2) is 30.3 Å². The summed E-state index contributed by atoms with van der Waals surface area (Å²) in [6.45, 7) is 2.28. The first kappa shape index (κ1) is 24.7. The monoisotopic (exact) mass is 388 g/mol. The van der Waals surface area contributed by atoms with Crippen LogP contribution in [0.4, 0.5) is 0 Å². The molecule has 0 radical (unpaired) electrons. The molecule has 0 amide bonds. The van der Waals surface area contributed by atoms with Crippen LogP contribution in [-0.4, -0.2) is 13.1 Å². The molecule has 1 atom stereocenters. The number of methoxy groups -OCH3 is 1. The maximum absolute atomic E-state index is 12.1. The Kier molecular flexibility index (Phi) is 15.7. The topological polar surface area (TPSA) is 26.3 Å². The lowest BCUT2D eigenvalue weighted by Crippen LogP contribution is -2.14. The van der Waals surface area contributed by atoms with E-state index < -0.39 is 0 Å². The van der Waals surface area contributed by atoms with Crippen molar-refractivity contribution in [1.82, 2.24) is 0 Å². The second-order valence-corrected chi connectivity index (χ2v) is 8.22. The molecule has 2 heteroatoms. The largest absolute Gasteiger partial charge is 0.469 e. The molecular weight excluding hydrogens is 344 g/mol. The summed E-state index contributed by atoms with van der Waals surface area (Å²) in [6, 6.07) is 10.1. The SMILES string of the molecule is CCCCCCCCCCCCCCCCCC(C(=O)OC)c1ccccc1. The van der Waals surface area contributed by atoms with E-state index in [9.17, 15) is 4.79 Å². The molecule has 160 valence electrons. The summed E-state index contributed by atoms with van der Waals surface area (Å²) in [5.74, 6) is -0.204. The molecule has 0 N–H and O–H groups in total. The van der Waals surface area contributed by atoms with Crippen LogP contribution in [0.1, 0.15) is 121 Å². The minimum Gasteiger partial charge on any atom is -0.469 e. The molecule has 0 fully saturated rings. The Morgan fingerprint density at radius 1 is 0.714 bits per heavy atom. The van der Waals surface area contributed by atoms with Crippen molar-refractivity contribution in [2.45, 2.75) is 116 Å². The van der Waals surface area contributed by atoms with Crippen molar-refractivity contribution in [2.24, 2.45) is 0 Å². The second kappa shape index (κ2) is 17.8. The van der Waals surface area contributed by atoms with E-state index in [1.807, 2.05) is 30.3 Å². The van der Waals surface area contributed by atoms with Gasteiger partial charge in [-0.1, -0.05) is 134 Å². The highest BCUT2D eigenvalue weighted by molar-refractivity contribution is 5.77. The normalized spacial score (nSPS) is 12.1. The van der Waals surface area contributed by atoms with Gasteiger partial charge in [-0.2, -0.15) is 0 Å². The van der Waals surface area contributed by atoms with Gasteiger partial charge in [0.2, 0.25) is 0 Å². The summed E-state index contributed by atoms with van der Waals surface area (Å²) in [5, 5.41) is 0. The van der Waals surface area contributed by atoms with E-state index in [0.29, 0.717) is 0 Å². The van der Waals surface area contributed by atoms with Gasteiger partial charge in [-0.05, 0) is 12.0 Å². The maximum Gasteiger partial charge on any atom is 0.313 e. The molecule has 0 spiro atoms. The first-order valence-electron chi connectivity index (χ1n) is 11.9. The lowest BCUT2D eigenvalue weighted by atomic mass is 9.93. The van der Waals surface area contributed by atoms with Crippen molar-refractivity contribution in [2.75, 3.05) is 7.11 Å². The van der Waals surface area contributed by atoms with Crippen molar-refractivity contribution < 1.29 is 9.53 Å². The Labute approximate surface area is 174 Å². The summed E-state index contributed by atoms with van der Waals surface area (Å²) < 4.78 is 5.00. The fourth-order valence-electron chi connectivity index (χ4n) is 3.97. The minimum absolute atomic E-state index is 0.100. The number of rotatable bonds is 18. The number of hydrogen-bond donors (Lipinski definition) is 0. The summed E-state index contributed by atoms with van der Waals surface area (Å²) in [7, 11) is 1.49. The number of ether oxygens (including phenoxy) is 1. The van der Waals surface area contributed by atoms with Gasteiger partial charge in [0.05, 0.1) is 13.0 Å². The highest BCUT2D eigenvalue weighted by Crippen LogP contribution is 2.24. The van der Waals surface area contributed by atoms with Gasteiger partial charge in [0.1, 0.15) is 0 Å². The average molecular weight is 389 g/mol. The van der Waals surface area contributed by atoms with Crippen LogP contribution in [0.25, 0.3) is 0 Å². The molecule has 2 nitrogen and oxygen atoms in total. The smallest absolute Gasteiger partial charge is 0.313 e. The molecule has 0 aliphatic heterocycles. The zero-order chi connectivity index (χ0) is 20.3. The number of carbonyl (C=O) groups is 1. The van der Waals surface area contributed by atoms with Crippen molar-refractivity contribution in [1.29, 1.82) is 0 Å². The van der Waals surface area contributed by atoms with Gasteiger partial charge >= 0.3 is 5.97 Å². The van der Waals surface area contributed by atoms with Gasteiger partial charge in [0.25, 0.3) is 0 Å². The van der Waals surface area contributed by atoms with Gasteiger partial charge in [-0.15, -0.1) is 0 Å². The Bertz CT molecular complexity index is 469. The first-order chi connectivity index (χ1) is 13.8. The van der Waals surface area contributed by atoms with Crippen molar-refractivity contribution >= 4 is 5.97 Å². The third-order valence-electron chi connectivity index (χ3n) is 5.78. The molecule has 0 heterocycles. The van der Waals surface area contributed by atoms with Crippen molar-refractivity contribution in [3.63, 3.8) is 0 Å². The number of benzene rings is 1. The second-order valence-electron chi connectivity index (χ2n) is 8.22. The van der Waals surface area contributed by atoms with Crippen molar-refractivity contribution in [3.05, 3.63) is 35.9 Å². The van der Waals surface area contributed by atoms with Crippen molar-refractivity contribution in [3.8, 4) is 0 Å². The molecule has 1 rings (SSSR count). The predicted molar refractivity (Wildman–Crippen MR) is 121 cm³/mol. The van der Waals surface area contributed by atoms with E-state index in [0.717, 1.165) is 18.4 Å². The van der Waals surface area contributed by atoms with Crippen LogP contribution in [0.3, 0.4) is 0 Å². The lowest BCUT2D eigenvalue weighted by Gasteiger charge is -2.14. The highest BCUT2D eigenvalue weighted by Gasteiger charge is 2.20. The summed E-state index contributed by atoms with van der Waals surface area (Å²) in [4.78, 5) is 12.1. The van der Waals surface area contributed by atoms with Crippen LogP contribution in [0.2, 0.25) is 0 Å². The molecule has 0 aromatic heterocycles. The lowest BCUT2D eigenvalue weighted by molar-refractivity contribution is -0.142. The Hall–Kier alpha value is -1.31. The molecule has 1 aromatic carbocycles. The van der Waals surface area contributed by atoms with Gasteiger partial charge < -0.3 is 4.74 Å². The molecule has 0 saturated heterocycles. The van der Waals surface area contributed by atoms with E-state index in [1.54, 1.807) is 0 Å². The Morgan fingerprint density at radius 3 is 1.57 bits per heavy atom. The average Bonchev–Trinajstić information content (AvgIpc) is 2.73. The van der Waals surface area contributed by atoms with E-state index in [-0.39, 0.29) is 11.9 Å². The molecule has 0 bridgehead atoms. The summed E-state index contributed by atoms with van der Waals surface area (Å²) in [6.07, 6.45) is 21.4. The molecule has 0 aliphatic carbocycles. The number of carbonyl (C=O) groups excluding carboxylic acids is 1. The Morgan fingerprint density at radius 2 is 1.14 bits per heavy atom. The minimum atomic E-state index is -0.104. The zero-order valence-electron chi connectivity index (χ0n) is 18.6. The maximum atomic E-state index is 12.1. The van der Waals surface area contributed by atoms with E-state index in [1.165, 1.54) is 97.0 Å². The predicted octanol–water partition coefficient (Wildman–Crippen LogP) is 8.20. The van der Waals surface area contributed by atoms with Crippen LogP contribution >= 0.6 is 0 Å². The van der Waals surface area contributed by atoms with E-state index in [4.69, 9.17) is 4.74 Å². The van der Waals surface area contributed by atoms with Crippen LogP contribution in [0.5, 0.6) is 0 Å². The molecule has 28 heavy (non-hydrogen) atoms. The third-order valence-corrected chi connectivity index (χ3v) is 5.78. The van der Waals surface area contributed by atoms with Gasteiger partial charge in [-0.3, -0.25) is 4.79 Å². The number of esters is 1. The first-order valence-corrected chi connectivity index (χ1v) is 11.9. The van der Waals surface area contributed by atoms with Crippen LogP contribution < -0.4 is 0 Å². The van der Waals surface area contributed by atoms with Gasteiger partial charge in [0.15, 0.2) is 0 Å². The molecular formula is C26H44O2.